The average molecular weight is 419 g/mol. The predicted molar refractivity (Wildman–Crippen MR) is 113 cm³/mol. The summed E-state index contributed by atoms with van der Waals surface area (Å²) in [5, 5.41) is 1.89. The number of hydrogen-bond acceptors (Lipinski definition) is 6. The fraction of sp³-hybridized carbons (Fsp3) is 0.652. The van der Waals surface area contributed by atoms with E-state index in [0.29, 0.717) is 45.5 Å². The third-order valence-corrected chi connectivity index (χ3v) is 5.97. The molecule has 1 aromatic carbocycles. The Balaban J connectivity index is 1.70. The van der Waals surface area contributed by atoms with E-state index >= 15 is 0 Å². The van der Waals surface area contributed by atoms with E-state index in [1.54, 1.807) is 7.11 Å². The minimum atomic E-state index is -0.724. The average Bonchev–Trinajstić information content (AvgIpc) is 2.78. The minimum absolute atomic E-state index is 0.0724. The fourth-order valence-electron chi connectivity index (χ4n) is 4.39. The summed E-state index contributed by atoms with van der Waals surface area (Å²) in [6, 6.07) is 7.77. The summed E-state index contributed by atoms with van der Waals surface area (Å²) in [6.07, 6.45) is 4.60. The molecule has 2 saturated heterocycles. The van der Waals surface area contributed by atoms with E-state index in [1.807, 2.05) is 41.2 Å². The number of carbonyl (C=O) groups excluding carboxylic acids is 2. The highest BCUT2D eigenvalue weighted by molar-refractivity contribution is 5.81. The van der Waals surface area contributed by atoms with Crippen LogP contribution in [0.15, 0.2) is 24.3 Å². The van der Waals surface area contributed by atoms with Gasteiger partial charge in [-0.15, -0.1) is 0 Å². The number of likely N-dealkylation sites (tertiary alicyclic amines) is 1. The highest BCUT2D eigenvalue weighted by Gasteiger charge is 2.44. The number of hydrogen-bond donors (Lipinski definition) is 0. The summed E-state index contributed by atoms with van der Waals surface area (Å²) >= 11 is 0. The Bertz CT molecular complexity index is 719. The number of esters is 1. The van der Waals surface area contributed by atoms with E-state index in [9.17, 15) is 9.59 Å². The first-order valence-corrected chi connectivity index (χ1v) is 11.0. The van der Waals surface area contributed by atoms with Crippen molar-refractivity contribution in [3.05, 3.63) is 29.8 Å². The van der Waals surface area contributed by atoms with Gasteiger partial charge in [0.1, 0.15) is 5.75 Å². The van der Waals surface area contributed by atoms with E-state index < -0.39 is 5.41 Å². The van der Waals surface area contributed by atoms with Gasteiger partial charge < -0.3 is 14.4 Å². The zero-order valence-corrected chi connectivity index (χ0v) is 18.2. The predicted octanol–water partition coefficient (Wildman–Crippen LogP) is 2.83. The van der Waals surface area contributed by atoms with Crippen LogP contribution in [0, 0.1) is 5.41 Å². The maximum Gasteiger partial charge on any atom is 0.314 e. The molecule has 1 atom stereocenters. The lowest BCUT2D eigenvalue weighted by Crippen LogP contribution is -2.52. The molecule has 2 aliphatic heterocycles. The van der Waals surface area contributed by atoms with Crippen LogP contribution in [-0.2, 0) is 25.6 Å². The van der Waals surface area contributed by atoms with Crippen LogP contribution >= 0.6 is 0 Å². The van der Waals surface area contributed by atoms with Gasteiger partial charge in [-0.1, -0.05) is 12.1 Å². The lowest BCUT2D eigenvalue weighted by Gasteiger charge is -2.41. The second-order valence-electron chi connectivity index (χ2n) is 8.17. The molecule has 7 heteroatoms. The number of nitrogens with zero attached hydrogens (tertiary/aromatic N) is 2. The second-order valence-corrected chi connectivity index (χ2v) is 8.17. The first kappa shape index (κ1) is 22.6. The summed E-state index contributed by atoms with van der Waals surface area (Å²) < 4.78 is 10.8. The Morgan fingerprint density at radius 2 is 2.07 bits per heavy atom. The molecular weight excluding hydrogens is 384 g/mol. The molecule has 7 nitrogen and oxygen atoms in total. The van der Waals surface area contributed by atoms with E-state index in [0.717, 1.165) is 43.7 Å². The summed E-state index contributed by atoms with van der Waals surface area (Å²) in [5.74, 6) is 0.615. The number of carbonyl (C=O) groups is 2. The number of amides is 1. The number of methoxy groups -OCH3 is 1. The molecule has 2 fully saturated rings. The third-order valence-electron chi connectivity index (χ3n) is 5.97. The third kappa shape index (κ3) is 5.73. The van der Waals surface area contributed by atoms with Crippen molar-refractivity contribution in [1.82, 2.24) is 9.96 Å². The molecule has 0 radical (unpaired) electrons. The molecule has 1 aromatic rings. The monoisotopic (exact) mass is 418 g/mol. The van der Waals surface area contributed by atoms with Gasteiger partial charge in [-0.3, -0.25) is 14.4 Å². The van der Waals surface area contributed by atoms with Crippen molar-refractivity contribution >= 4 is 11.9 Å². The van der Waals surface area contributed by atoms with E-state index in [1.165, 1.54) is 0 Å². The first-order chi connectivity index (χ1) is 14.6. The standard InChI is InChI=1S/C23H34N2O5/c1-3-29-22(27)23(17-19-8-6-9-20(16-19)28-2)11-7-12-24(18-23)21(26)10-14-25-13-4-5-15-30-25/h6,8-9,16H,3-5,7,10-15,17-18H2,1-2H3/t23-/m0/s1. The Labute approximate surface area is 179 Å². The molecule has 0 spiro atoms. The molecule has 3 rings (SSSR count). The van der Waals surface area contributed by atoms with Crippen LogP contribution in [0.25, 0.3) is 0 Å². The highest BCUT2D eigenvalue weighted by atomic mass is 16.7. The van der Waals surface area contributed by atoms with Gasteiger partial charge in [0.2, 0.25) is 5.91 Å². The van der Waals surface area contributed by atoms with Gasteiger partial charge in [-0.25, -0.2) is 0 Å². The molecule has 0 saturated carbocycles. The van der Waals surface area contributed by atoms with Crippen molar-refractivity contribution in [2.75, 3.05) is 46.5 Å². The molecule has 0 bridgehead atoms. The summed E-state index contributed by atoms with van der Waals surface area (Å²) in [5.41, 5.74) is 0.288. The quantitative estimate of drug-likeness (QED) is 0.605. The zero-order chi connectivity index (χ0) is 21.4. The molecule has 2 aliphatic rings. The maximum atomic E-state index is 13.0. The fourth-order valence-corrected chi connectivity index (χ4v) is 4.39. The molecular formula is C23H34N2O5. The molecule has 1 amide bonds. The highest BCUT2D eigenvalue weighted by Crippen LogP contribution is 2.36. The molecule has 0 unspecified atom stereocenters. The van der Waals surface area contributed by atoms with Crippen molar-refractivity contribution in [3.63, 3.8) is 0 Å². The van der Waals surface area contributed by atoms with Gasteiger partial charge in [0.25, 0.3) is 0 Å². The van der Waals surface area contributed by atoms with Crippen molar-refractivity contribution in [2.24, 2.45) is 5.41 Å². The Morgan fingerprint density at radius 1 is 1.20 bits per heavy atom. The lowest BCUT2D eigenvalue weighted by atomic mass is 9.75. The molecule has 166 valence electrons. The second kappa shape index (κ2) is 10.8. The lowest BCUT2D eigenvalue weighted by molar-refractivity contribution is -0.183. The largest absolute Gasteiger partial charge is 0.497 e. The van der Waals surface area contributed by atoms with Gasteiger partial charge in [0, 0.05) is 32.6 Å². The van der Waals surface area contributed by atoms with Crippen LogP contribution in [0.3, 0.4) is 0 Å². The van der Waals surface area contributed by atoms with Gasteiger partial charge in [-0.05, 0) is 56.7 Å². The summed E-state index contributed by atoms with van der Waals surface area (Å²) in [6.45, 7) is 5.42. The van der Waals surface area contributed by atoms with E-state index in [2.05, 4.69) is 0 Å². The molecule has 2 heterocycles. The van der Waals surface area contributed by atoms with Crippen molar-refractivity contribution in [1.29, 1.82) is 0 Å². The number of rotatable bonds is 8. The number of hydroxylamine groups is 2. The van der Waals surface area contributed by atoms with Crippen molar-refractivity contribution < 1.29 is 23.9 Å². The van der Waals surface area contributed by atoms with Gasteiger partial charge in [-0.2, -0.15) is 5.06 Å². The number of ether oxygens (including phenoxy) is 2. The number of benzene rings is 1. The molecule has 30 heavy (non-hydrogen) atoms. The number of piperidine rings is 1. The zero-order valence-electron chi connectivity index (χ0n) is 18.2. The van der Waals surface area contributed by atoms with E-state index in [4.69, 9.17) is 14.3 Å². The van der Waals surface area contributed by atoms with Crippen molar-refractivity contribution in [2.45, 2.75) is 45.4 Å². The van der Waals surface area contributed by atoms with Crippen LogP contribution in [0.2, 0.25) is 0 Å². The summed E-state index contributed by atoms with van der Waals surface area (Å²) in [7, 11) is 1.63. The van der Waals surface area contributed by atoms with Gasteiger partial charge >= 0.3 is 5.97 Å². The Kier molecular flexibility index (Phi) is 8.10. The molecule has 0 aliphatic carbocycles. The van der Waals surface area contributed by atoms with Crippen LogP contribution in [0.4, 0.5) is 0 Å². The first-order valence-electron chi connectivity index (χ1n) is 11.0. The van der Waals surface area contributed by atoms with Crippen LogP contribution in [0.5, 0.6) is 5.75 Å². The van der Waals surface area contributed by atoms with E-state index in [-0.39, 0.29) is 11.9 Å². The topological polar surface area (TPSA) is 68.3 Å². The smallest absolute Gasteiger partial charge is 0.314 e. The Morgan fingerprint density at radius 3 is 2.80 bits per heavy atom. The summed E-state index contributed by atoms with van der Waals surface area (Å²) in [4.78, 5) is 33.4. The molecule has 0 N–H and O–H groups in total. The van der Waals surface area contributed by atoms with Crippen LogP contribution in [0.1, 0.15) is 44.6 Å². The normalized spacial score (nSPS) is 22.5. The molecule has 0 aromatic heterocycles. The van der Waals surface area contributed by atoms with Crippen LogP contribution in [-0.4, -0.2) is 68.3 Å². The SMILES string of the molecule is CCOC(=O)[C@]1(Cc2cccc(OC)c2)CCCN(C(=O)CCN2CCCCO2)C1. The Hall–Kier alpha value is -2.12. The minimum Gasteiger partial charge on any atom is -0.497 e. The maximum absolute atomic E-state index is 13.0. The van der Waals surface area contributed by atoms with Gasteiger partial charge in [0.15, 0.2) is 0 Å². The van der Waals surface area contributed by atoms with Crippen LogP contribution < -0.4 is 4.74 Å². The van der Waals surface area contributed by atoms with Crippen molar-refractivity contribution in [3.8, 4) is 5.75 Å². The van der Waals surface area contributed by atoms with Gasteiger partial charge in [0.05, 0.1) is 25.7 Å².